The average Bonchev–Trinajstić information content (AvgIpc) is 2.41. The molecule has 0 atom stereocenters. The van der Waals surface area contributed by atoms with Gasteiger partial charge in [0, 0.05) is 5.56 Å². The van der Waals surface area contributed by atoms with Crippen molar-refractivity contribution in [2.24, 2.45) is 0 Å². The summed E-state index contributed by atoms with van der Waals surface area (Å²) in [6, 6.07) is 11.1. The van der Waals surface area contributed by atoms with Gasteiger partial charge >= 0.3 is 0 Å². The van der Waals surface area contributed by atoms with Crippen molar-refractivity contribution < 1.29 is 4.79 Å². The lowest BCUT2D eigenvalue weighted by Crippen LogP contribution is -2.15. The molecule has 0 aliphatic rings. The first-order valence-corrected chi connectivity index (χ1v) is 7.20. The number of hydrogen-bond donors (Lipinski definition) is 1. The molecular weight excluding hydrogens is 284 g/mol. The lowest BCUT2D eigenvalue weighted by molar-refractivity contribution is 0.102. The van der Waals surface area contributed by atoms with Crippen molar-refractivity contribution in [1.82, 2.24) is 4.98 Å². The van der Waals surface area contributed by atoms with Crippen LogP contribution in [-0.4, -0.2) is 10.9 Å². The summed E-state index contributed by atoms with van der Waals surface area (Å²) < 4.78 is 0. The Morgan fingerprint density at radius 3 is 2.24 bits per heavy atom. The topological polar surface area (TPSA) is 42.0 Å². The second-order valence-electron chi connectivity index (χ2n) is 6.05. The van der Waals surface area contributed by atoms with Gasteiger partial charge in [-0.15, -0.1) is 0 Å². The molecule has 1 amide bonds. The number of halogens is 1. The number of amides is 1. The molecule has 0 aliphatic heterocycles. The van der Waals surface area contributed by atoms with Gasteiger partial charge in [0.15, 0.2) is 0 Å². The zero-order valence-electron chi connectivity index (χ0n) is 12.7. The molecule has 110 valence electrons. The Hall–Kier alpha value is -1.87. The third-order valence-corrected chi connectivity index (χ3v) is 3.52. The van der Waals surface area contributed by atoms with Gasteiger partial charge in [0.25, 0.3) is 5.91 Å². The molecule has 21 heavy (non-hydrogen) atoms. The van der Waals surface area contributed by atoms with E-state index in [-0.39, 0.29) is 11.3 Å². The fraction of sp³-hybridized carbons (Fsp3) is 0.294. The van der Waals surface area contributed by atoms with Crippen LogP contribution in [-0.2, 0) is 5.41 Å². The third kappa shape index (κ3) is 3.82. The summed E-state index contributed by atoms with van der Waals surface area (Å²) in [6.45, 7) is 8.24. The smallest absolute Gasteiger partial charge is 0.255 e. The molecule has 4 heteroatoms. The van der Waals surface area contributed by atoms with Gasteiger partial charge in [-0.05, 0) is 42.2 Å². The van der Waals surface area contributed by atoms with Crippen molar-refractivity contribution in [3.8, 4) is 0 Å². The van der Waals surface area contributed by atoms with Crippen LogP contribution in [0.2, 0.25) is 5.15 Å². The minimum Gasteiger partial charge on any atom is -0.320 e. The maximum Gasteiger partial charge on any atom is 0.255 e. The van der Waals surface area contributed by atoms with E-state index in [0.717, 1.165) is 0 Å². The van der Waals surface area contributed by atoms with Crippen molar-refractivity contribution in [3.63, 3.8) is 0 Å². The molecule has 0 spiro atoms. The molecule has 3 nitrogen and oxygen atoms in total. The minimum absolute atomic E-state index is 0.0751. The van der Waals surface area contributed by atoms with Gasteiger partial charge in [-0.2, -0.15) is 0 Å². The van der Waals surface area contributed by atoms with Crippen molar-refractivity contribution in [2.45, 2.75) is 33.1 Å². The summed E-state index contributed by atoms with van der Waals surface area (Å²) in [6.07, 6.45) is 0. The number of aryl methyl sites for hydroxylation is 1. The molecule has 1 aromatic heterocycles. The predicted molar refractivity (Wildman–Crippen MR) is 87.1 cm³/mol. The van der Waals surface area contributed by atoms with E-state index in [2.05, 4.69) is 31.1 Å². The van der Waals surface area contributed by atoms with Crippen LogP contribution < -0.4 is 5.32 Å². The number of carbonyl (C=O) groups is 1. The Kier molecular flexibility index (Phi) is 4.33. The van der Waals surface area contributed by atoms with Gasteiger partial charge in [-0.25, -0.2) is 4.98 Å². The first-order chi connectivity index (χ1) is 9.77. The van der Waals surface area contributed by atoms with Gasteiger partial charge in [0.2, 0.25) is 0 Å². The third-order valence-electron chi connectivity index (χ3n) is 3.31. The van der Waals surface area contributed by atoms with Crippen LogP contribution in [0.25, 0.3) is 0 Å². The molecule has 0 saturated heterocycles. The van der Waals surface area contributed by atoms with E-state index in [9.17, 15) is 4.79 Å². The van der Waals surface area contributed by atoms with Crippen LogP contribution in [0.15, 0.2) is 36.4 Å². The number of nitrogens with one attached hydrogen (secondary N) is 1. The zero-order valence-corrected chi connectivity index (χ0v) is 13.5. The van der Waals surface area contributed by atoms with Gasteiger partial charge < -0.3 is 5.32 Å². The second kappa shape index (κ2) is 5.86. The van der Waals surface area contributed by atoms with Gasteiger partial charge in [-0.3, -0.25) is 4.79 Å². The first-order valence-electron chi connectivity index (χ1n) is 6.82. The van der Waals surface area contributed by atoms with E-state index in [1.807, 2.05) is 31.2 Å². The van der Waals surface area contributed by atoms with E-state index >= 15 is 0 Å². The Labute approximate surface area is 130 Å². The molecule has 1 aromatic carbocycles. The Morgan fingerprint density at radius 2 is 1.71 bits per heavy atom. The minimum atomic E-state index is -0.150. The molecule has 1 N–H and O–H groups in total. The highest BCUT2D eigenvalue weighted by Gasteiger charge is 2.14. The summed E-state index contributed by atoms with van der Waals surface area (Å²) in [4.78, 5) is 16.4. The zero-order chi connectivity index (χ0) is 15.6. The lowest BCUT2D eigenvalue weighted by Gasteiger charge is -2.19. The number of rotatable bonds is 2. The van der Waals surface area contributed by atoms with E-state index < -0.39 is 0 Å². The Balaban J connectivity index is 2.17. The number of aromatic nitrogens is 1. The van der Waals surface area contributed by atoms with Crippen LogP contribution in [0.3, 0.4) is 0 Å². The number of hydrogen-bond acceptors (Lipinski definition) is 2. The van der Waals surface area contributed by atoms with Crippen molar-refractivity contribution in [3.05, 3.63) is 58.4 Å². The molecule has 0 radical (unpaired) electrons. The summed E-state index contributed by atoms with van der Waals surface area (Å²) in [7, 11) is 0. The van der Waals surface area contributed by atoms with Crippen molar-refractivity contribution in [1.29, 1.82) is 0 Å². The van der Waals surface area contributed by atoms with Crippen LogP contribution in [0.5, 0.6) is 0 Å². The molecule has 0 unspecified atom stereocenters. The van der Waals surface area contributed by atoms with Gasteiger partial charge in [0.05, 0.1) is 11.4 Å². The van der Waals surface area contributed by atoms with Gasteiger partial charge in [-0.1, -0.05) is 44.5 Å². The van der Waals surface area contributed by atoms with Crippen LogP contribution >= 0.6 is 11.6 Å². The Bertz CT molecular complexity index is 657. The second-order valence-corrected chi connectivity index (χ2v) is 6.44. The van der Waals surface area contributed by atoms with Crippen LogP contribution in [0, 0.1) is 6.92 Å². The molecule has 1 heterocycles. The number of carbonyl (C=O) groups excluding carboxylic acids is 1. The normalized spacial score (nSPS) is 11.3. The summed E-state index contributed by atoms with van der Waals surface area (Å²) in [5.41, 5.74) is 3.26. The molecule has 2 rings (SSSR count). The van der Waals surface area contributed by atoms with E-state index in [0.29, 0.717) is 22.1 Å². The maximum atomic E-state index is 12.2. The molecule has 2 aromatic rings. The Morgan fingerprint density at radius 1 is 1.10 bits per heavy atom. The highest BCUT2D eigenvalue weighted by atomic mass is 35.5. The van der Waals surface area contributed by atoms with E-state index in [1.165, 1.54) is 5.56 Å². The lowest BCUT2D eigenvalue weighted by atomic mass is 9.87. The number of pyridine rings is 1. The number of nitrogens with zero attached hydrogens (tertiary/aromatic N) is 1. The SMILES string of the molecule is Cc1nc(Cl)ccc1NC(=O)c1ccc(C(C)(C)C)cc1. The summed E-state index contributed by atoms with van der Waals surface area (Å²) >= 11 is 5.81. The quantitative estimate of drug-likeness (QED) is 0.824. The first kappa shape index (κ1) is 15.5. The summed E-state index contributed by atoms with van der Waals surface area (Å²) in [5, 5.41) is 3.27. The number of anilines is 1. The van der Waals surface area contributed by atoms with E-state index in [4.69, 9.17) is 11.6 Å². The summed E-state index contributed by atoms with van der Waals surface area (Å²) in [5.74, 6) is -0.150. The molecule has 0 fully saturated rings. The highest BCUT2D eigenvalue weighted by Crippen LogP contribution is 2.23. The monoisotopic (exact) mass is 302 g/mol. The fourth-order valence-electron chi connectivity index (χ4n) is 1.98. The highest BCUT2D eigenvalue weighted by molar-refractivity contribution is 6.29. The molecular formula is C17H19ClN2O. The van der Waals surface area contributed by atoms with Crippen molar-refractivity contribution >= 4 is 23.2 Å². The van der Waals surface area contributed by atoms with Crippen LogP contribution in [0.1, 0.15) is 42.4 Å². The molecule has 0 bridgehead atoms. The standard InChI is InChI=1S/C17H19ClN2O/c1-11-14(9-10-15(18)19-11)20-16(21)12-5-7-13(8-6-12)17(2,3)4/h5-10H,1-4H3,(H,20,21). The van der Waals surface area contributed by atoms with E-state index in [1.54, 1.807) is 12.1 Å². The molecule has 0 aliphatic carbocycles. The molecule has 0 saturated carbocycles. The van der Waals surface area contributed by atoms with Crippen molar-refractivity contribution in [2.75, 3.05) is 5.32 Å². The average molecular weight is 303 g/mol. The maximum absolute atomic E-state index is 12.2. The fourth-order valence-corrected chi connectivity index (χ4v) is 2.17. The van der Waals surface area contributed by atoms with Gasteiger partial charge in [0.1, 0.15) is 5.15 Å². The van der Waals surface area contributed by atoms with Crippen LogP contribution in [0.4, 0.5) is 5.69 Å². The number of benzene rings is 1. The predicted octanol–water partition coefficient (Wildman–Crippen LogP) is 4.59. The largest absolute Gasteiger partial charge is 0.320 e.